The summed E-state index contributed by atoms with van der Waals surface area (Å²) in [5.41, 5.74) is 0.903. The summed E-state index contributed by atoms with van der Waals surface area (Å²) in [6.07, 6.45) is 1.96. The number of carbonyl (C=O) groups excluding carboxylic acids is 2. The molecule has 0 aromatic heterocycles. The molecular formula is C11H11NO3S. The number of hydrogen-bond donors (Lipinski definition) is 0. The van der Waals surface area contributed by atoms with Crippen LogP contribution in [-0.4, -0.2) is 31.3 Å². The van der Waals surface area contributed by atoms with Crippen LogP contribution < -0.4 is 4.90 Å². The number of ether oxygens (including phenoxy) is 1. The van der Waals surface area contributed by atoms with Crippen LogP contribution in [-0.2, 0) is 14.3 Å². The Labute approximate surface area is 97.6 Å². The minimum atomic E-state index is -0.493. The van der Waals surface area contributed by atoms with Crippen LogP contribution in [0.4, 0.5) is 5.69 Å². The molecule has 1 aliphatic rings. The molecule has 0 atom stereocenters. The molecule has 5 heteroatoms. The van der Waals surface area contributed by atoms with E-state index < -0.39 is 11.9 Å². The highest BCUT2D eigenvalue weighted by molar-refractivity contribution is 7.98. The lowest BCUT2D eigenvalue weighted by Crippen LogP contribution is -2.43. The minimum absolute atomic E-state index is 0.128. The number of rotatable bonds is 2. The Morgan fingerprint density at radius 3 is 2.44 bits per heavy atom. The van der Waals surface area contributed by atoms with E-state index in [4.69, 9.17) is 0 Å². The Kier molecular flexibility index (Phi) is 3.14. The van der Waals surface area contributed by atoms with E-state index >= 15 is 0 Å². The van der Waals surface area contributed by atoms with Crippen molar-refractivity contribution in [3.05, 3.63) is 24.3 Å². The van der Waals surface area contributed by atoms with Gasteiger partial charge in [-0.1, -0.05) is 12.1 Å². The molecule has 2 rings (SSSR count). The van der Waals surface area contributed by atoms with E-state index in [1.54, 1.807) is 16.7 Å². The van der Waals surface area contributed by atoms with E-state index in [1.165, 1.54) is 0 Å². The van der Waals surface area contributed by atoms with Gasteiger partial charge in [-0.25, -0.2) is 9.59 Å². The third-order valence-electron chi connectivity index (χ3n) is 2.29. The fourth-order valence-electron chi connectivity index (χ4n) is 1.62. The van der Waals surface area contributed by atoms with Crippen LogP contribution in [0, 0.1) is 0 Å². The van der Waals surface area contributed by atoms with Crippen molar-refractivity contribution in [1.29, 1.82) is 0 Å². The van der Waals surface area contributed by atoms with Crippen molar-refractivity contribution in [2.75, 3.05) is 24.2 Å². The van der Waals surface area contributed by atoms with Crippen LogP contribution in [0.15, 0.2) is 29.2 Å². The van der Waals surface area contributed by atoms with Gasteiger partial charge in [-0.2, -0.15) is 0 Å². The zero-order valence-electron chi connectivity index (χ0n) is 8.80. The zero-order valence-corrected chi connectivity index (χ0v) is 9.62. The molecule has 1 fully saturated rings. The first-order valence-corrected chi connectivity index (χ1v) is 6.04. The molecule has 0 spiro atoms. The second-order valence-corrected chi connectivity index (χ2v) is 4.22. The van der Waals surface area contributed by atoms with Gasteiger partial charge < -0.3 is 9.64 Å². The summed E-state index contributed by atoms with van der Waals surface area (Å²) in [5, 5.41) is 0. The SMILES string of the molecule is CSc1ccccc1N1CC(=O)OC(=O)C1. The number of para-hydroxylation sites is 1. The Balaban J connectivity index is 2.29. The number of anilines is 1. The maximum Gasteiger partial charge on any atom is 0.333 e. The molecule has 4 nitrogen and oxygen atoms in total. The standard InChI is InChI=1S/C11H11NO3S/c1-16-9-5-3-2-4-8(9)12-6-10(13)15-11(14)7-12/h2-5H,6-7H2,1H3. The number of thioether (sulfide) groups is 1. The van der Waals surface area contributed by atoms with Gasteiger partial charge in [-0.3, -0.25) is 0 Å². The first kappa shape index (κ1) is 11.0. The fourth-order valence-corrected chi connectivity index (χ4v) is 2.24. The van der Waals surface area contributed by atoms with Gasteiger partial charge in [0.1, 0.15) is 13.1 Å². The van der Waals surface area contributed by atoms with Crippen LogP contribution in [0.3, 0.4) is 0 Å². The normalized spacial score (nSPS) is 16.2. The highest BCUT2D eigenvalue weighted by Gasteiger charge is 2.25. The molecule has 0 bridgehead atoms. The third-order valence-corrected chi connectivity index (χ3v) is 3.08. The number of carbonyl (C=O) groups is 2. The number of esters is 2. The van der Waals surface area contributed by atoms with E-state index in [1.807, 2.05) is 30.5 Å². The summed E-state index contributed by atoms with van der Waals surface area (Å²) >= 11 is 1.59. The van der Waals surface area contributed by atoms with Crippen molar-refractivity contribution < 1.29 is 14.3 Å². The van der Waals surface area contributed by atoms with Crippen LogP contribution in [0.2, 0.25) is 0 Å². The predicted molar refractivity (Wildman–Crippen MR) is 61.5 cm³/mol. The van der Waals surface area contributed by atoms with Gasteiger partial charge in [-0.05, 0) is 18.4 Å². The molecule has 1 aromatic carbocycles. The topological polar surface area (TPSA) is 46.6 Å². The van der Waals surface area contributed by atoms with Crippen molar-refractivity contribution in [2.45, 2.75) is 4.90 Å². The first-order valence-electron chi connectivity index (χ1n) is 4.82. The number of hydrogen-bond acceptors (Lipinski definition) is 5. The van der Waals surface area contributed by atoms with Gasteiger partial charge in [0, 0.05) is 4.90 Å². The van der Waals surface area contributed by atoms with E-state index in [9.17, 15) is 9.59 Å². The Morgan fingerprint density at radius 2 is 1.81 bits per heavy atom. The number of nitrogens with zero attached hydrogens (tertiary/aromatic N) is 1. The molecule has 16 heavy (non-hydrogen) atoms. The van der Waals surface area contributed by atoms with Crippen molar-refractivity contribution in [2.24, 2.45) is 0 Å². The molecule has 84 valence electrons. The average Bonchev–Trinajstić information content (AvgIpc) is 2.27. The van der Waals surface area contributed by atoms with Crippen molar-refractivity contribution in [3.63, 3.8) is 0 Å². The molecule has 1 aromatic rings. The molecule has 1 heterocycles. The summed E-state index contributed by atoms with van der Waals surface area (Å²) in [7, 11) is 0. The lowest BCUT2D eigenvalue weighted by Gasteiger charge is -2.27. The molecule has 0 radical (unpaired) electrons. The molecule has 0 N–H and O–H groups in total. The van der Waals surface area contributed by atoms with Crippen molar-refractivity contribution in [1.82, 2.24) is 0 Å². The van der Waals surface area contributed by atoms with Gasteiger partial charge in [0.05, 0.1) is 5.69 Å². The molecular weight excluding hydrogens is 226 g/mol. The maximum atomic E-state index is 11.2. The minimum Gasteiger partial charge on any atom is -0.390 e. The van der Waals surface area contributed by atoms with Crippen LogP contribution in [0.5, 0.6) is 0 Å². The molecule has 1 saturated heterocycles. The molecule has 0 aliphatic carbocycles. The van der Waals surface area contributed by atoms with Gasteiger partial charge in [-0.15, -0.1) is 11.8 Å². The van der Waals surface area contributed by atoms with Crippen LogP contribution in [0.1, 0.15) is 0 Å². The monoisotopic (exact) mass is 237 g/mol. The maximum absolute atomic E-state index is 11.2. The highest BCUT2D eigenvalue weighted by atomic mass is 32.2. The van der Waals surface area contributed by atoms with Gasteiger partial charge in [0.25, 0.3) is 0 Å². The number of morpholine rings is 1. The van der Waals surface area contributed by atoms with Crippen molar-refractivity contribution >= 4 is 29.4 Å². The Morgan fingerprint density at radius 1 is 1.19 bits per heavy atom. The van der Waals surface area contributed by atoms with Gasteiger partial charge in [0.15, 0.2) is 0 Å². The summed E-state index contributed by atoms with van der Waals surface area (Å²) in [6, 6.07) is 7.68. The molecule has 1 aliphatic heterocycles. The molecule has 0 amide bonds. The number of cyclic esters (lactones) is 2. The van der Waals surface area contributed by atoms with E-state index in [0.717, 1.165) is 10.6 Å². The van der Waals surface area contributed by atoms with Gasteiger partial charge >= 0.3 is 11.9 Å². The largest absolute Gasteiger partial charge is 0.390 e. The van der Waals surface area contributed by atoms with Crippen LogP contribution >= 0.6 is 11.8 Å². The highest BCUT2D eigenvalue weighted by Crippen LogP contribution is 2.28. The summed E-state index contributed by atoms with van der Waals surface area (Å²) in [6.45, 7) is 0.257. The van der Waals surface area contributed by atoms with E-state index in [0.29, 0.717) is 0 Å². The van der Waals surface area contributed by atoms with E-state index in [-0.39, 0.29) is 13.1 Å². The summed E-state index contributed by atoms with van der Waals surface area (Å²) < 4.78 is 4.49. The zero-order chi connectivity index (χ0) is 11.5. The second-order valence-electron chi connectivity index (χ2n) is 3.37. The predicted octanol–water partition coefficient (Wildman–Crippen LogP) is 1.30. The average molecular weight is 237 g/mol. The van der Waals surface area contributed by atoms with Gasteiger partial charge in [0.2, 0.25) is 0 Å². The number of benzene rings is 1. The summed E-state index contributed by atoms with van der Waals surface area (Å²) in [4.78, 5) is 25.1. The lowest BCUT2D eigenvalue weighted by molar-refractivity contribution is -0.160. The molecule has 0 saturated carbocycles. The smallest absolute Gasteiger partial charge is 0.333 e. The first-order chi connectivity index (χ1) is 7.70. The quantitative estimate of drug-likeness (QED) is 0.441. The Bertz CT molecular complexity index is 417. The summed E-state index contributed by atoms with van der Waals surface area (Å²) in [5.74, 6) is -0.987. The third kappa shape index (κ3) is 2.19. The lowest BCUT2D eigenvalue weighted by atomic mass is 10.2. The fraction of sp³-hybridized carbons (Fsp3) is 0.273. The van der Waals surface area contributed by atoms with Crippen molar-refractivity contribution in [3.8, 4) is 0 Å². The van der Waals surface area contributed by atoms with E-state index in [2.05, 4.69) is 4.74 Å². The van der Waals surface area contributed by atoms with Crippen LogP contribution in [0.25, 0.3) is 0 Å². The second kappa shape index (κ2) is 4.57. The Hall–Kier alpha value is -1.49. The molecule has 0 unspecified atom stereocenters.